The number of amides is 1. The third kappa shape index (κ3) is 4.03. The monoisotopic (exact) mass is 367 g/mol. The number of aromatic nitrogens is 2. The van der Waals surface area contributed by atoms with E-state index < -0.39 is 6.10 Å². The summed E-state index contributed by atoms with van der Waals surface area (Å²) in [4.78, 5) is 12.3. The Kier molecular flexibility index (Phi) is 5.33. The van der Waals surface area contributed by atoms with Crippen LogP contribution in [0.3, 0.4) is 0 Å². The number of rotatable bonds is 5. The highest BCUT2D eigenvalue weighted by Crippen LogP contribution is 2.32. The van der Waals surface area contributed by atoms with Crippen molar-refractivity contribution in [1.82, 2.24) is 10.2 Å². The zero-order valence-corrected chi connectivity index (χ0v) is 15.0. The summed E-state index contributed by atoms with van der Waals surface area (Å²) in [5.74, 6) is 0.346. The van der Waals surface area contributed by atoms with Crippen molar-refractivity contribution in [2.45, 2.75) is 38.9 Å². The van der Waals surface area contributed by atoms with Crippen LogP contribution in [0.25, 0.3) is 0 Å². The molecule has 6 nitrogen and oxygen atoms in total. The molecule has 0 aliphatic carbocycles. The van der Waals surface area contributed by atoms with E-state index in [0.29, 0.717) is 15.9 Å². The van der Waals surface area contributed by atoms with E-state index in [1.165, 1.54) is 11.3 Å². The van der Waals surface area contributed by atoms with Crippen molar-refractivity contribution in [3.63, 3.8) is 0 Å². The summed E-state index contributed by atoms with van der Waals surface area (Å²) in [5, 5.41) is 12.7. The number of benzene rings is 1. The van der Waals surface area contributed by atoms with Gasteiger partial charge in [0.15, 0.2) is 6.10 Å². The quantitative estimate of drug-likeness (QED) is 0.871. The highest BCUT2D eigenvalue weighted by atomic mass is 35.5. The molecule has 0 radical (unpaired) electrons. The van der Waals surface area contributed by atoms with Gasteiger partial charge in [0.2, 0.25) is 5.13 Å². The predicted octanol–water partition coefficient (Wildman–Crippen LogP) is 3.76. The summed E-state index contributed by atoms with van der Waals surface area (Å²) in [7, 11) is 0. The number of anilines is 1. The summed E-state index contributed by atoms with van der Waals surface area (Å²) in [6.45, 7) is 4.31. The number of aryl methyl sites for hydroxylation is 1. The number of hydrogen-bond acceptors (Lipinski definition) is 6. The molecule has 3 rings (SSSR count). The van der Waals surface area contributed by atoms with Gasteiger partial charge in [0.05, 0.1) is 0 Å². The Labute approximate surface area is 149 Å². The molecule has 1 amide bonds. The Morgan fingerprint density at radius 1 is 1.50 bits per heavy atom. The average Bonchev–Trinajstić information content (AvgIpc) is 3.20. The van der Waals surface area contributed by atoms with Crippen LogP contribution >= 0.6 is 22.9 Å². The maximum absolute atomic E-state index is 12.3. The number of nitrogens with one attached hydrogen (secondary N) is 1. The van der Waals surface area contributed by atoms with Crippen LogP contribution in [0.1, 0.15) is 36.4 Å². The van der Waals surface area contributed by atoms with Crippen molar-refractivity contribution in [1.29, 1.82) is 0 Å². The van der Waals surface area contributed by atoms with E-state index in [0.717, 1.165) is 30.0 Å². The molecule has 2 aromatic rings. The molecule has 2 unspecified atom stereocenters. The molecule has 2 atom stereocenters. The summed E-state index contributed by atoms with van der Waals surface area (Å²) >= 11 is 7.26. The second kappa shape index (κ2) is 7.46. The molecule has 1 fully saturated rings. The molecular weight excluding hydrogens is 350 g/mol. The fraction of sp³-hybridized carbons (Fsp3) is 0.438. The lowest BCUT2D eigenvalue weighted by molar-refractivity contribution is -0.122. The molecule has 128 valence electrons. The number of halogens is 1. The van der Waals surface area contributed by atoms with Gasteiger partial charge in [0.25, 0.3) is 5.91 Å². The number of ether oxygens (including phenoxy) is 2. The maximum atomic E-state index is 12.3. The SMILES string of the molecule is Cc1cc(Cl)ccc1OC(C)C(=O)Nc1nnc(C2CCCO2)s1. The molecule has 0 spiro atoms. The van der Waals surface area contributed by atoms with E-state index in [2.05, 4.69) is 15.5 Å². The van der Waals surface area contributed by atoms with Gasteiger partial charge in [-0.25, -0.2) is 0 Å². The topological polar surface area (TPSA) is 73.3 Å². The van der Waals surface area contributed by atoms with Gasteiger partial charge in [0.1, 0.15) is 16.9 Å². The first-order valence-electron chi connectivity index (χ1n) is 7.71. The van der Waals surface area contributed by atoms with E-state index in [1.807, 2.05) is 6.92 Å². The van der Waals surface area contributed by atoms with Crippen molar-refractivity contribution >= 4 is 34.0 Å². The van der Waals surface area contributed by atoms with Crippen molar-refractivity contribution in [3.8, 4) is 5.75 Å². The minimum atomic E-state index is -0.667. The number of nitrogens with zero attached hydrogens (tertiary/aromatic N) is 2. The average molecular weight is 368 g/mol. The fourth-order valence-electron chi connectivity index (χ4n) is 2.38. The molecule has 24 heavy (non-hydrogen) atoms. The highest BCUT2D eigenvalue weighted by molar-refractivity contribution is 7.15. The van der Waals surface area contributed by atoms with Gasteiger partial charge in [-0.3, -0.25) is 10.1 Å². The maximum Gasteiger partial charge on any atom is 0.266 e. The van der Waals surface area contributed by atoms with Crippen LogP contribution in [0.4, 0.5) is 5.13 Å². The van der Waals surface area contributed by atoms with Crippen LogP contribution in [0, 0.1) is 6.92 Å². The summed E-state index contributed by atoms with van der Waals surface area (Å²) in [5.41, 5.74) is 0.874. The first kappa shape index (κ1) is 17.1. The van der Waals surface area contributed by atoms with E-state index in [9.17, 15) is 4.79 Å². The largest absolute Gasteiger partial charge is 0.481 e. The van der Waals surface area contributed by atoms with Crippen molar-refractivity contribution in [3.05, 3.63) is 33.8 Å². The first-order valence-corrected chi connectivity index (χ1v) is 8.91. The summed E-state index contributed by atoms with van der Waals surface area (Å²) in [6.07, 6.45) is 1.30. The van der Waals surface area contributed by atoms with Gasteiger partial charge < -0.3 is 9.47 Å². The molecule has 0 saturated carbocycles. The van der Waals surface area contributed by atoms with Crippen LogP contribution in [0.2, 0.25) is 5.02 Å². The zero-order valence-electron chi connectivity index (χ0n) is 13.4. The van der Waals surface area contributed by atoms with Crippen molar-refractivity contribution in [2.24, 2.45) is 0 Å². The lowest BCUT2D eigenvalue weighted by Crippen LogP contribution is -2.30. The molecule has 1 aromatic carbocycles. The van der Waals surface area contributed by atoms with Crippen LogP contribution in [-0.2, 0) is 9.53 Å². The van der Waals surface area contributed by atoms with Gasteiger partial charge in [-0.1, -0.05) is 22.9 Å². The molecule has 1 N–H and O–H groups in total. The zero-order chi connectivity index (χ0) is 17.1. The molecule has 1 aromatic heterocycles. The minimum absolute atomic E-state index is 0.00135. The van der Waals surface area contributed by atoms with Gasteiger partial charge >= 0.3 is 0 Å². The van der Waals surface area contributed by atoms with Gasteiger partial charge in [-0.15, -0.1) is 10.2 Å². The highest BCUT2D eigenvalue weighted by Gasteiger charge is 2.23. The van der Waals surface area contributed by atoms with Crippen molar-refractivity contribution in [2.75, 3.05) is 11.9 Å². The standard InChI is InChI=1S/C16H18ClN3O3S/c1-9-8-11(17)5-6-12(9)23-10(2)14(21)18-16-20-19-15(24-16)13-4-3-7-22-13/h5-6,8,10,13H,3-4,7H2,1-2H3,(H,18,20,21). The lowest BCUT2D eigenvalue weighted by Gasteiger charge is -2.15. The Morgan fingerprint density at radius 2 is 2.33 bits per heavy atom. The third-order valence-electron chi connectivity index (χ3n) is 3.69. The fourth-order valence-corrected chi connectivity index (χ4v) is 3.44. The van der Waals surface area contributed by atoms with Gasteiger partial charge in [-0.2, -0.15) is 0 Å². The Bertz CT molecular complexity index is 731. The van der Waals surface area contributed by atoms with Crippen LogP contribution in [-0.4, -0.2) is 28.8 Å². The molecule has 0 bridgehead atoms. The second-order valence-corrected chi connectivity index (χ2v) is 7.05. The first-order chi connectivity index (χ1) is 11.5. The van der Waals surface area contributed by atoms with Gasteiger partial charge in [0, 0.05) is 11.6 Å². The molecule has 1 aliphatic rings. The lowest BCUT2D eigenvalue weighted by atomic mass is 10.2. The predicted molar refractivity (Wildman–Crippen MR) is 92.7 cm³/mol. The van der Waals surface area contributed by atoms with Crippen LogP contribution < -0.4 is 10.1 Å². The van der Waals surface area contributed by atoms with E-state index in [-0.39, 0.29) is 12.0 Å². The Hall–Kier alpha value is -1.70. The van der Waals surface area contributed by atoms with E-state index >= 15 is 0 Å². The normalized spacial score (nSPS) is 18.4. The molecule has 1 saturated heterocycles. The van der Waals surface area contributed by atoms with Crippen LogP contribution in [0.15, 0.2) is 18.2 Å². The Morgan fingerprint density at radius 3 is 3.04 bits per heavy atom. The number of carbonyl (C=O) groups is 1. The number of hydrogen-bond donors (Lipinski definition) is 1. The molecule has 2 heterocycles. The van der Waals surface area contributed by atoms with E-state index in [4.69, 9.17) is 21.1 Å². The smallest absolute Gasteiger partial charge is 0.266 e. The van der Waals surface area contributed by atoms with Gasteiger partial charge in [-0.05, 0) is 50.5 Å². The van der Waals surface area contributed by atoms with Crippen LogP contribution in [0.5, 0.6) is 5.75 Å². The number of carbonyl (C=O) groups excluding carboxylic acids is 1. The van der Waals surface area contributed by atoms with E-state index in [1.54, 1.807) is 25.1 Å². The molecule has 1 aliphatic heterocycles. The summed E-state index contributed by atoms with van der Waals surface area (Å²) < 4.78 is 11.3. The molecular formula is C16H18ClN3O3S. The Balaban J connectivity index is 1.59. The van der Waals surface area contributed by atoms with Crippen molar-refractivity contribution < 1.29 is 14.3 Å². The summed E-state index contributed by atoms with van der Waals surface area (Å²) in [6, 6.07) is 5.27. The minimum Gasteiger partial charge on any atom is -0.481 e. The molecule has 8 heteroatoms. The second-order valence-electron chi connectivity index (χ2n) is 5.61. The third-order valence-corrected chi connectivity index (χ3v) is 4.85.